The highest BCUT2D eigenvalue weighted by atomic mass is 16.5. The van der Waals surface area contributed by atoms with Gasteiger partial charge in [-0.25, -0.2) is 0 Å². The minimum absolute atomic E-state index is 0.315. The van der Waals surface area contributed by atoms with Crippen molar-refractivity contribution in [2.45, 2.75) is 25.4 Å². The third-order valence-electron chi connectivity index (χ3n) is 3.26. The van der Waals surface area contributed by atoms with Crippen molar-refractivity contribution in [1.29, 1.82) is 0 Å². The first-order chi connectivity index (χ1) is 9.84. The number of ether oxygens (including phenoxy) is 2. The van der Waals surface area contributed by atoms with Gasteiger partial charge >= 0.3 is 0 Å². The van der Waals surface area contributed by atoms with Crippen LogP contribution in [0.2, 0.25) is 0 Å². The predicted molar refractivity (Wildman–Crippen MR) is 79.0 cm³/mol. The van der Waals surface area contributed by atoms with Gasteiger partial charge in [-0.05, 0) is 43.9 Å². The van der Waals surface area contributed by atoms with Crippen LogP contribution < -0.4 is 10.1 Å². The van der Waals surface area contributed by atoms with Gasteiger partial charge in [0.05, 0.1) is 0 Å². The zero-order valence-electron chi connectivity index (χ0n) is 12.0. The van der Waals surface area contributed by atoms with Crippen LogP contribution >= 0.6 is 0 Å². The average molecular weight is 279 g/mol. The molecule has 2 rings (SSSR count). The maximum atomic E-state index is 9.78. The Hall–Kier alpha value is -1.10. The highest BCUT2D eigenvalue weighted by molar-refractivity contribution is 5.20. The molecule has 0 amide bonds. The van der Waals surface area contributed by atoms with E-state index in [-0.39, 0.29) is 0 Å². The van der Waals surface area contributed by atoms with Crippen LogP contribution in [-0.2, 0) is 4.74 Å². The van der Waals surface area contributed by atoms with E-state index in [0.717, 1.165) is 37.8 Å². The van der Waals surface area contributed by atoms with Crippen molar-refractivity contribution in [2.75, 3.05) is 32.9 Å². The molecule has 0 aromatic heterocycles. The molecule has 0 bridgehead atoms. The Kier molecular flexibility index (Phi) is 6.84. The average Bonchev–Trinajstić information content (AvgIpc) is 3.29. The van der Waals surface area contributed by atoms with Gasteiger partial charge in [0.25, 0.3) is 0 Å². The molecule has 1 aromatic rings. The maximum Gasteiger partial charge on any atom is 0.119 e. The molecular formula is C16H25NO3. The first kappa shape index (κ1) is 15.3. The number of hydrogen-bond acceptors (Lipinski definition) is 4. The lowest BCUT2D eigenvalue weighted by atomic mass is 10.3. The van der Waals surface area contributed by atoms with E-state index in [1.54, 1.807) is 0 Å². The molecule has 1 atom stereocenters. The molecule has 1 saturated carbocycles. The van der Waals surface area contributed by atoms with Crippen LogP contribution in [0.4, 0.5) is 0 Å². The van der Waals surface area contributed by atoms with Crippen molar-refractivity contribution < 1.29 is 14.6 Å². The fraction of sp³-hybridized carbons (Fsp3) is 0.625. The molecular weight excluding hydrogens is 254 g/mol. The number of nitrogens with one attached hydrogen (secondary N) is 1. The molecule has 1 unspecified atom stereocenters. The second-order valence-corrected chi connectivity index (χ2v) is 5.35. The molecule has 112 valence electrons. The Morgan fingerprint density at radius 1 is 1.25 bits per heavy atom. The molecule has 0 spiro atoms. The highest BCUT2D eigenvalue weighted by Gasteiger charge is 2.20. The molecule has 0 heterocycles. The van der Waals surface area contributed by atoms with Gasteiger partial charge in [-0.3, -0.25) is 0 Å². The third kappa shape index (κ3) is 6.89. The summed E-state index contributed by atoms with van der Waals surface area (Å²) in [4.78, 5) is 0. The first-order valence-electron chi connectivity index (χ1n) is 7.49. The van der Waals surface area contributed by atoms with Crippen molar-refractivity contribution in [2.24, 2.45) is 5.92 Å². The Morgan fingerprint density at radius 3 is 2.80 bits per heavy atom. The topological polar surface area (TPSA) is 50.7 Å². The van der Waals surface area contributed by atoms with Gasteiger partial charge in [0.1, 0.15) is 18.5 Å². The molecule has 1 fully saturated rings. The van der Waals surface area contributed by atoms with Crippen molar-refractivity contribution >= 4 is 0 Å². The lowest BCUT2D eigenvalue weighted by Gasteiger charge is -2.13. The molecule has 1 aromatic carbocycles. The number of rotatable bonds is 11. The Balaban J connectivity index is 1.40. The fourth-order valence-corrected chi connectivity index (χ4v) is 1.87. The van der Waals surface area contributed by atoms with Crippen LogP contribution in [0, 0.1) is 5.92 Å². The van der Waals surface area contributed by atoms with Crippen LogP contribution in [0.3, 0.4) is 0 Å². The molecule has 4 nitrogen and oxygen atoms in total. The molecule has 4 heteroatoms. The van der Waals surface area contributed by atoms with E-state index in [4.69, 9.17) is 9.47 Å². The smallest absolute Gasteiger partial charge is 0.119 e. The molecule has 0 radical (unpaired) electrons. The van der Waals surface area contributed by atoms with Gasteiger partial charge in [0.2, 0.25) is 0 Å². The molecule has 0 saturated heterocycles. The highest BCUT2D eigenvalue weighted by Crippen LogP contribution is 2.28. The van der Waals surface area contributed by atoms with E-state index in [9.17, 15) is 5.11 Å². The molecule has 20 heavy (non-hydrogen) atoms. The standard InChI is InChI=1S/C16H25NO3/c18-15(13-20-16-5-2-1-3-6-16)11-17-9-4-10-19-12-14-7-8-14/h1-3,5-6,14-15,17-18H,4,7-13H2. The van der Waals surface area contributed by atoms with E-state index in [2.05, 4.69) is 5.32 Å². The summed E-state index contributed by atoms with van der Waals surface area (Å²) < 4.78 is 11.0. The molecule has 1 aliphatic rings. The number of hydrogen-bond donors (Lipinski definition) is 2. The van der Waals surface area contributed by atoms with Crippen molar-refractivity contribution in [3.8, 4) is 5.75 Å². The van der Waals surface area contributed by atoms with E-state index in [0.29, 0.717) is 13.2 Å². The summed E-state index contributed by atoms with van der Waals surface area (Å²) >= 11 is 0. The zero-order chi connectivity index (χ0) is 14.0. The van der Waals surface area contributed by atoms with Crippen LogP contribution in [0.15, 0.2) is 30.3 Å². The summed E-state index contributed by atoms with van der Waals surface area (Å²) in [6.07, 6.45) is 3.18. The Labute approximate surface area is 121 Å². The van der Waals surface area contributed by atoms with Crippen LogP contribution in [0.1, 0.15) is 19.3 Å². The molecule has 1 aliphatic carbocycles. The van der Waals surface area contributed by atoms with E-state index in [1.165, 1.54) is 12.8 Å². The van der Waals surface area contributed by atoms with Crippen LogP contribution in [0.25, 0.3) is 0 Å². The number of para-hydroxylation sites is 1. The normalized spacial score (nSPS) is 16.1. The quantitative estimate of drug-likeness (QED) is 0.607. The second-order valence-electron chi connectivity index (χ2n) is 5.35. The van der Waals surface area contributed by atoms with Gasteiger partial charge in [0.15, 0.2) is 0 Å². The van der Waals surface area contributed by atoms with E-state index < -0.39 is 6.10 Å². The Morgan fingerprint density at radius 2 is 2.05 bits per heavy atom. The largest absolute Gasteiger partial charge is 0.491 e. The van der Waals surface area contributed by atoms with Gasteiger partial charge < -0.3 is 19.9 Å². The fourth-order valence-electron chi connectivity index (χ4n) is 1.87. The predicted octanol–water partition coefficient (Wildman–Crippen LogP) is 1.83. The first-order valence-corrected chi connectivity index (χ1v) is 7.49. The maximum absolute atomic E-state index is 9.78. The summed E-state index contributed by atoms with van der Waals surface area (Å²) in [6.45, 7) is 3.46. The van der Waals surface area contributed by atoms with Crippen LogP contribution in [0.5, 0.6) is 5.75 Å². The minimum Gasteiger partial charge on any atom is -0.491 e. The number of benzene rings is 1. The van der Waals surface area contributed by atoms with Crippen molar-refractivity contribution in [1.82, 2.24) is 5.32 Å². The summed E-state index contributed by atoms with van der Waals surface area (Å²) in [7, 11) is 0. The molecule has 2 N–H and O–H groups in total. The van der Waals surface area contributed by atoms with Crippen molar-refractivity contribution in [3.05, 3.63) is 30.3 Å². The van der Waals surface area contributed by atoms with E-state index in [1.807, 2.05) is 30.3 Å². The van der Waals surface area contributed by atoms with Gasteiger partial charge in [-0.1, -0.05) is 18.2 Å². The lowest BCUT2D eigenvalue weighted by molar-refractivity contribution is 0.102. The van der Waals surface area contributed by atoms with Crippen LogP contribution in [-0.4, -0.2) is 44.1 Å². The molecule has 0 aliphatic heterocycles. The van der Waals surface area contributed by atoms with Gasteiger partial charge in [0, 0.05) is 19.8 Å². The summed E-state index contributed by atoms with van der Waals surface area (Å²) in [5, 5.41) is 13.0. The second kappa shape index (κ2) is 8.95. The summed E-state index contributed by atoms with van der Waals surface area (Å²) in [5.74, 6) is 1.62. The summed E-state index contributed by atoms with van der Waals surface area (Å²) in [5.41, 5.74) is 0. The van der Waals surface area contributed by atoms with Gasteiger partial charge in [-0.2, -0.15) is 0 Å². The van der Waals surface area contributed by atoms with E-state index >= 15 is 0 Å². The monoisotopic (exact) mass is 279 g/mol. The number of aliphatic hydroxyl groups is 1. The van der Waals surface area contributed by atoms with Gasteiger partial charge in [-0.15, -0.1) is 0 Å². The zero-order valence-corrected chi connectivity index (χ0v) is 12.0. The minimum atomic E-state index is -0.484. The lowest BCUT2D eigenvalue weighted by Crippen LogP contribution is -2.32. The third-order valence-corrected chi connectivity index (χ3v) is 3.26. The van der Waals surface area contributed by atoms with Crippen molar-refractivity contribution in [3.63, 3.8) is 0 Å². The number of aliphatic hydroxyl groups excluding tert-OH is 1. The Bertz CT molecular complexity index is 354. The summed E-state index contributed by atoms with van der Waals surface area (Å²) in [6, 6.07) is 9.55. The SMILES string of the molecule is OC(CNCCCOCC1CC1)COc1ccccc1.